The highest BCUT2D eigenvalue weighted by Gasteiger charge is 2.08. The summed E-state index contributed by atoms with van der Waals surface area (Å²) in [6, 6.07) is 0. The summed E-state index contributed by atoms with van der Waals surface area (Å²) in [5, 5.41) is 26.1. The standard InChI is InChI=1S/C12H22O5/c13-10(9-12(16)17)7-5-3-1-2-4-6-8-11(14)15/h10,13H,1-9H2,(H,14,15)(H,16,17). The molecule has 0 heterocycles. The van der Waals surface area contributed by atoms with E-state index in [1.54, 1.807) is 0 Å². The van der Waals surface area contributed by atoms with Gasteiger partial charge in [-0.1, -0.05) is 32.1 Å². The Morgan fingerprint density at radius 3 is 1.88 bits per heavy atom. The van der Waals surface area contributed by atoms with Crippen molar-refractivity contribution in [1.29, 1.82) is 0 Å². The maximum Gasteiger partial charge on any atom is 0.305 e. The van der Waals surface area contributed by atoms with Crippen LogP contribution in [0.1, 0.15) is 57.8 Å². The molecular weight excluding hydrogens is 224 g/mol. The second-order valence-corrected chi connectivity index (χ2v) is 4.31. The second kappa shape index (κ2) is 10.1. The normalized spacial score (nSPS) is 12.3. The van der Waals surface area contributed by atoms with Crippen molar-refractivity contribution in [2.75, 3.05) is 0 Å². The predicted octanol–water partition coefficient (Wildman–Crippen LogP) is 2.03. The smallest absolute Gasteiger partial charge is 0.305 e. The van der Waals surface area contributed by atoms with Crippen LogP contribution in [-0.2, 0) is 9.59 Å². The van der Waals surface area contributed by atoms with E-state index >= 15 is 0 Å². The molecule has 0 spiro atoms. The topological polar surface area (TPSA) is 94.8 Å². The Kier molecular flexibility index (Phi) is 9.43. The van der Waals surface area contributed by atoms with Crippen LogP contribution in [0.15, 0.2) is 0 Å². The van der Waals surface area contributed by atoms with Gasteiger partial charge in [-0.05, 0) is 12.8 Å². The lowest BCUT2D eigenvalue weighted by Crippen LogP contribution is -2.12. The number of aliphatic hydroxyl groups is 1. The van der Waals surface area contributed by atoms with Crippen LogP contribution in [0.4, 0.5) is 0 Å². The Morgan fingerprint density at radius 1 is 0.824 bits per heavy atom. The molecule has 100 valence electrons. The number of carboxylic acids is 2. The summed E-state index contributed by atoms with van der Waals surface area (Å²) >= 11 is 0. The number of rotatable bonds is 11. The molecule has 5 nitrogen and oxygen atoms in total. The van der Waals surface area contributed by atoms with E-state index in [4.69, 9.17) is 10.2 Å². The number of unbranched alkanes of at least 4 members (excludes halogenated alkanes) is 5. The molecule has 0 radical (unpaired) electrons. The fraction of sp³-hybridized carbons (Fsp3) is 0.833. The van der Waals surface area contributed by atoms with Crippen LogP contribution >= 0.6 is 0 Å². The third kappa shape index (κ3) is 12.8. The summed E-state index contributed by atoms with van der Waals surface area (Å²) in [7, 11) is 0. The first-order valence-electron chi connectivity index (χ1n) is 6.14. The predicted molar refractivity (Wildman–Crippen MR) is 62.8 cm³/mol. The van der Waals surface area contributed by atoms with Crippen LogP contribution < -0.4 is 0 Å². The molecule has 0 saturated carbocycles. The summed E-state index contributed by atoms with van der Waals surface area (Å²) in [6.07, 6.45) is 5.29. The van der Waals surface area contributed by atoms with Gasteiger partial charge in [0.2, 0.25) is 0 Å². The Hall–Kier alpha value is -1.10. The Morgan fingerprint density at radius 2 is 1.35 bits per heavy atom. The molecule has 5 heteroatoms. The number of aliphatic hydroxyl groups excluding tert-OH is 1. The summed E-state index contributed by atoms with van der Waals surface area (Å²) in [4.78, 5) is 20.5. The molecule has 0 saturated heterocycles. The zero-order valence-electron chi connectivity index (χ0n) is 10.1. The van der Waals surface area contributed by atoms with Gasteiger partial charge < -0.3 is 15.3 Å². The number of carbonyl (C=O) groups is 2. The molecule has 0 rings (SSSR count). The molecule has 3 N–H and O–H groups in total. The second-order valence-electron chi connectivity index (χ2n) is 4.31. The van der Waals surface area contributed by atoms with Gasteiger partial charge in [-0.3, -0.25) is 9.59 Å². The zero-order valence-corrected chi connectivity index (χ0v) is 10.1. The monoisotopic (exact) mass is 246 g/mol. The van der Waals surface area contributed by atoms with E-state index in [0.717, 1.165) is 38.5 Å². The van der Waals surface area contributed by atoms with Gasteiger partial charge in [-0.15, -0.1) is 0 Å². The Labute approximate surface area is 101 Å². The van der Waals surface area contributed by atoms with Gasteiger partial charge in [-0.25, -0.2) is 0 Å². The highest BCUT2D eigenvalue weighted by Crippen LogP contribution is 2.11. The van der Waals surface area contributed by atoms with Gasteiger partial charge in [0.15, 0.2) is 0 Å². The van der Waals surface area contributed by atoms with Crippen LogP contribution in [0, 0.1) is 0 Å². The molecule has 0 aromatic rings. The third-order valence-corrected chi connectivity index (χ3v) is 2.59. The Balaban J connectivity index is 3.18. The van der Waals surface area contributed by atoms with Gasteiger partial charge in [0.25, 0.3) is 0 Å². The van der Waals surface area contributed by atoms with E-state index in [0.29, 0.717) is 6.42 Å². The molecule has 0 bridgehead atoms. The average molecular weight is 246 g/mol. The number of hydrogen-bond acceptors (Lipinski definition) is 3. The van der Waals surface area contributed by atoms with Crippen LogP contribution in [0.2, 0.25) is 0 Å². The van der Waals surface area contributed by atoms with Crippen molar-refractivity contribution >= 4 is 11.9 Å². The van der Waals surface area contributed by atoms with Crippen LogP contribution in [-0.4, -0.2) is 33.4 Å². The maximum absolute atomic E-state index is 10.3. The van der Waals surface area contributed by atoms with Gasteiger partial charge in [-0.2, -0.15) is 0 Å². The molecule has 0 aromatic heterocycles. The van der Waals surface area contributed by atoms with Crippen molar-refractivity contribution in [2.45, 2.75) is 63.9 Å². The number of hydrogen-bond donors (Lipinski definition) is 3. The number of carboxylic acid groups (broad SMARTS) is 2. The Bertz CT molecular complexity index is 227. The molecule has 0 aromatic carbocycles. The average Bonchev–Trinajstić information content (AvgIpc) is 2.20. The van der Waals surface area contributed by atoms with E-state index in [-0.39, 0.29) is 12.8 Å². The highest BCUT2D eigenvalue weighted by atomic mass is 16.4. The molecule has 0 amide bonds. The lowest BCUT2D eigenvalue weighted by Gasteiger charge is -2.07. The van der Waals surface area contributed by atoms with Gasteiger partial charge in [0.05, 0.1) is 12.5 Å². The third-order valence-electron chi connectivity index (χ3n) is 2.59. The van der Waals surface area contributed by atoms with Crippen LogP contribution in [0.3, 0.4) is 0 Å². The fourth-order valence-corrected chi connectivity index (χ4v) is 1.67. The van der Waals surface area contributed by atoms with Crippen molar-refractivity contribution in [2.24, 2.45) is 0 Å². The quantitative estimate of drug-likeness (QED) is 0.485. The fourth-order valence-electron chi connectivity index (χ4n) is 1.67. The van der Waals surface area contributed by atoms with Crippen molar-refractivity contribution in [3.8, 4) is 0 Å². The lowest BCUT2D eigenvalue weighted by molar-refractivity contribution is -0.139. The van der Waals surface area contributed by atoms with E-state index in [1.807, 2.05) is 0 Å². The van der Waals surface area contributed by atoms with E-state index < -0.39 is 18.0 Å². The summed E-state index contributed by atoms with van der Waals surface area (Å²) in [5.74, 6) is -1.71. The first-order valence-corrected chi connectivity index (χ1v) is 6.14. The first kappa shape index (κ1) is 15.9. The van der Waals surface area contributed by atoms with Gasteiger partial charge >= 0.3 is 11.9 Å². The number of aliphatic carboxylic acids is 2. The molecule has 0 aliphatic heterocycles. The van der Waals surface area contributed by atoms with Crippen LogP contribution in [0.25, 0.3) is 0 Å². The minimum Gasteiger partial charge on any atom is -0.481 e. The van der Waals surface area contributed by atoms with Crippen LogP contribution in [0.5, 0.6) is 0 Å². The van der Waals surface area contributed by atoms with Crippen molar-refractivity contribution in [3.63, 3.8) is 0 Å². The summed E-state index contributed by atoms with van der Waals surface area (Å²) < 4.78 is 0. The molecule has 1 unspecified atom stereocenters. The van der Waals surface area contributed by atoms with E-state index in [2.05, 4.69) is 0 Å². The lowest BCUT2D eigenvalue weighted by atomic mass is 10.0. The van der Waals surface area contributed by atoms with Crippen molar-refractivity contribution in [1.82, 2.24) is 0 Å². The zero-order chi connectivity index (χ0) is 13.1. The minimum absolute atomic E-state index is 0.182. The summed E-state index contributed by atoms with van der Waals surface area (Å²) in [5.41, 5.74) is 0. The van der Waals surface area contributed by atoms with Gasteiger partial charge in [0, 0.05) is 6.42 Å². The van der Waals surface area contributed by atoms with Gasteiger partial charge in [0.1, 0.15) is 0 Å². The molecule has 17 heavy (non-hydrogen) atoms. The summed E-state index contributed by atoms with van der Waals surface area (Å²) in [6.45, 7) is 0. The largest absolute Gasteiger partial charge is 0.481 e. The van der Waals surface area contributed by atoms with E-state index in [9.17, 15) is 14.7 Å². The highest BCUT2D eigenvalue weighted by molar-refractivity contribution is 5.67. The van der Waals surface area contributed by atoms with Crippen molar-refractivity contribution < 1.29 is 24.9 Å². The molecule has 0 aliphatic carbocycles. The first-order chi connectivity index (χ1) is 8.02. The minimum atomic E-state index is -0.967. The van der Waals surface area contributed by atoms with E-state index in [1.165, 1.54) is 0 Å². The SMILES string of the molecule is O=C(O)CCCCCCCCC(O)CC(=O)O. The molecular formula is C12H22O5. The maximum atomic E-state index is 10.3. The molecule has 1 atom stereocenters. The van der Waals surface area contributed by atoms with Crippen molar-refractivity contribution in [3.05, 3.63) is 0 Å². The molecule has 0 aliphatic rings. The molecule has 0 fully saturated rings.